The Morgan fingerprint density at radius 1 is 0.193 bits per heavy atom. The molecule has 0 unspecified atom stereocenters. The largest absolute Gasteiger partial charge is 0.573 e. The molecule has 0 aromatic heterocycles. The van der Waals surface area contributed by atoms with Crippen LogP contribution in [0.4, 0.5) is 83.4 Å². The summed E-state index contributed by atoms with van der Waals surface area (Å²) in [6.45, 7) is 79.7. The molecule has 0 aliphatic carbocycles. The second kappa shape index (κ2) is 54.4. The lowest BCUT2D eigenvalue weighted by molar-refractivity contribution is -0.274. The normalized spacial score (nSPS) is 12.2. The maximum absolute atomic E-state index is 13.5. The fraction of sp³-hybridized carbons (Fsp3) is 0.468. The van der Waals surface area contributed by atoms with Gasteiger partial charge in [0.15, 0.2) is 0 Å². The van der Waals surface area contributed by atoms with Crippen molar-refractivity contribution >= 4 is 11.6 Å². The summed E-state index contributed by atoms with van der Waals surface area (Å²) in [6.07, 6.45) is -22.2. The van der Waals surface area contributed by atoms with Crippen LogP contribution >= 0.6 is 11.6 Å². The van der Waals surface area contributed by atoms with E-state index in [0.717, 1.165) is 63.2 Å². The van der Waals surface area contributed by atoms with E-state index in [1.165, 1.54) is 94.4 Å². The van der Waals surface area contributed by atoms with Gasteiger partial charge in [0.2, 0.25) is 0 Å². The van der Waals surface area contributed by atoms with E-state index in [1.54, 1.807) is 84.9 Å². The van der Waals surface area contributed by atoms with Crippen LogP contribution in [-0.4, -0.2) is 6.36 Å². The van der Waals surface area contributed by atoms with Crippen LogP contribution in [0.5, 0.6) is 5.75 Å². The van der Waals surface area contributed by atoms with E-state index < -0.39 is 75.8 Å². The highest BCUT2D eigenvalue weighted by atomic mass is 35.5. The molecule has 0 spiro atoms. The van der Waals surface area contributed by atoms with Crippen LogP contribution in [0.3, 0.4) is 0 Å². The van der Waals surface area contributed by atoms with E-state index in [1.807, 2.05) is 121 Å². The summed E-state index contributed by atoms with van der Waals surface area (Å²) in [4.78, 5) is 0. The Morgan fingerprint density at radius 2 is 0.469 bits per heavy atom. The summed E-state index contributed by atoms with van der Waals surface area (Å²) < 4.78 is 242. The van der Waals surface area contributed by atoms with Gasteiger partial charge in [0.05, 0.1) is 22.3 Å². The number of halogens is 20. The molecular weight excluding hydrogens is 1900 g/mol. The number of benzene rings is 11. The predicted molar refractivity (Wildman–Crippen MR) is 575 cm³/mol. The van der Waals surface area contributed by atoms with Crippen LogP contribution in [0.15, 0.2) is 231 Å². The predicted octanol–water partition coefficient (Wildman–Crippen LogP) is 42.4. The van der Waals surface area contributed by atoms with Gasteiger partial charge >= 0.3 is 31.1 Å². The van der Waals surface area contributed by atoms with E-state index in [0.29, 0.717) is 16.7 Å². The van der Waals surface area contributed by atoms with Gasteiger partial charge in [-0.3, -0.25) is 0 Å². The molecule has 11 aromatic carbocycles. The SMILES string of the molecule is C.C.CC(C)(C)c1cc(C(F)(F)F)ccc1F.CC(C)(C)c1cccc(C(F)(F)F)c1.CC(C)(C)c1cccc(C(F)(F)F)c1F.CC(C)(C)c1cccc(OC(F)(F)F)c1.Cc1ccc(C(C)(C)C)c(F)c1.Cc1ccc(C(C)(C)C)cc1.Cc1ccc(C(C)(C)C)cc1.Cc1ccc(C(C)(C)C)cc1.Cc1ccc(C(C)(C)C)cc1C(F)(F)F.Cc1ccc(C(C)(C)C)cc1Cl.Cc1ccc(C(C)(C)C)cc1F. The second-order valence-corrected chi connectivity index (χ2v) is 47.7. The molecule has 0 amide bonds. The summed E-state index contributed by atoms with van der Waals surface area (Å²) >= 11 is 6.02. The minimum absolute atomic E-state index is 0. The third-order valence-electron chi connectivity index (χ3n) is 22.4. The average Bonchev–Trinajstić information content (AvgIpc) is 0.796. The first-order valence-corrected chi connectivity index (χ1v) is 47.9. The minimum Gasteiger partial charge on any atom is -0.406 e. The van der Waals surface area contributed by atoms with Gasteiger partial charge in [-0.2, -0.15) is 52.7 Å². The van der Waals surface area contributed by atoms with E-state index in [2.05, 4.69) is 220 Å². The molecule has 0 saturated carbocycles. The summed E-state index contributed by atoms with van der Waals surface area (Å²) in [5.74, 6) is -2.15. The van der Waals surface area contributed by atoms with Crippen molar-refractivity contribution in [2.24, 2.45) is 0 Å². The number of rotatable bonds is 1. The Kier molecular flexibility index (Phi) is 51.5. The summed E-state index contributed by atoms with van der Waals surface area (Å²) in [5.41, 5.74) is 12.7. The molecule has 0 radical (unpaired) electrons. The molecule has 1 nitrogen and oxygen atoms in total. The molecule has 0 bridgehead atoms. The number of ether oxygens (including phenoxy) is 1. The number of aryl methyl sites for hydroxylation is 7. The molecule has 21 heteroatoms. The highest BCUT2D eigenvalue weighted by Crippen LogP contribution is 2.41. The standard InChI is InChI=1S/C12H15F3.C11H15Cl.2C11H12F4.C11H13F3O.C11H13F3.2C11H15F.3C11H16.2CH4/c1-8-5-6-9(11(2,3)4)7-10(8)12(13,14)15;1-8-5-6-9(7-10(8)12)11(2,3)4;1-10(2,3)8-6-7(11(13,14)15)4-5-9(8)12;1-10(2,3)7-5-4-6-8(9(7)12)11(13,14)15;1-10(2,3)8-5-4-6-9(7-8)15-11(12,13)14;1-10(2,3)8-5-4-6-9(7-8)11(12,13)14;1-8-5-6-9(7-10(8)12)11(2,3)4;1-8-5-6-9(10(12)7-8)11(2,3)4;3*1-9-5-7-10(8-6-9)11(2,3)4;;/h5-7H,1-4H3;5-7H,1-4H3;2*4-6H,1-3H3;4-7H,1-3H3;4-7H,1-3H3;2*5-7H,1-4H3;3*5-8H,1-4H3;2*1H4. The monoisotopic (exact) mass is 2070 g/mol. The molecule has 0 aliphatic rings. The van der Waals surface area contributed by atoms with Gasteiger partial charge in [-0.15, -0.1) is 13.2 Å². The molecule has 0 aliphatic heterocycles. The van der Waals surface area contributed by atoms with E-state index >= 15 is 0 Å². The number of hydrogen-bond acceptors (Lipinski definition) is 1. The van der Waals surface area contributed by atoms with Gasteiger partial charge in [-0.05, 0) is 258 Å². The molecular formula is C124H166ClF19O. The third-order valence-corrected chi connectivity index (χ3v) is 22.8. The third kappa shape index (κ3) is 51.1. The van der Waals surface area contributed by atoms with Crippen molar-refractivity contribution in [2.75, 3.05) is 0 Å². The summed E-state index contributed by atoms with van der Waals surface area (Å²) in [7, 11) is 0. The van der Waals surface area contributed by atoms with Gasteiger partial charge in [0, 0.05) is 5.02 Å². The topological polar surface area (TPSA) is 9.23 Å². The lowest BCUT2D eigenvalue weighted by Crippen LogP contribution is -2.18. The maximum Gasteiger partial charge on any atom is 0.573 e. The van der Waals surface area contributed by atoms with Crippen LogP contribution < -0.4 is 4.74 Å². The lowest BCUT2D eigenvalue weighted by Gasteiger charge is -2.21. The summed E-state index contributed by atoms with van der Waals surface area (Å²) in [6, 6.07) is 65.2. The van der Waals surface area contributed by atoms with E-state index in [-0.39, 0.29) is 97.7 Å². The van der Waals surface area contributed by atoms with Crippen LogP contribution in [-0.2, 0) is 84.3 Å². The number of hydrogen-bond donors (Lipinski definition) is 0. The van der Waals surface area contributed by atoms with Crippen molar-refractivity contribution in [3.8, 4) is 5.75 Å². The van der Waals surface area contributed by atoms with Gasteiger partial charge < -0.3 is 4.74 Å². The first-order valence-electron chi connectivity index (χ1n) is 47.5. The zero-order chi connectivity index (χ0) is 112. The van der Waals surface area contributed by atoms with Gasteiger partial charge in [-0.25, -0.2) is 17.6 Å². The van der Waals surface area contributed by atoms with Crippen LogP contribution in [0.2, 0.25) is 5.02 Å². The highest BCUT2D eigenvalue weighted by Gasteiger charge is 2.39. The molecule has 0 heterocycles. The molecule has 0 atom stereocenters. The van der Waals surface area contributed by atoms with Crippen molar-refractivity contribution in [2.45, 2.75) is 382 Å². The lowest BCUT2D eigenvalue weighted by atomic mass is 9.85. The molecule has 0 fully saturated rings. The Hall–Kier alpha value is -9.82. The van der Waals surface area contributed by atoms with Crippen molar-refractivity contribution in [1.29, 1.82) is 0 Å². The molecule has 808 valence electrons. The van der Waals surface area contributed by atoms with Crippen molar-refractivity contribution in [1.82, 2.24) is 0 Å². The van der Waals surface area contributed by atoms with Crippen molar-refractivity contribution in [3.05, 3.63) is 381 Å². The van der Waals surface area contributed by atoms with Gasteiger partial charge in [-0.1, -0.05) is 435 Å². The molecule has 11 aromatic rings. The Bertz CT molecular complexity index is 5350. The maximum atomic E-state index is 13.5. The van der Waals surface area contributed by atoms with Crippen LogP contribution in [0.25, 0.3) is 0 Å². The average molecular weight is 2070 g/mol. The quantitative estimate of drug-likeness (QED) is 0.149. The zero-order valence-corrected chi connectivity index (χ0v) is 92.7. The fourth-order valence-electron chi connectivity index (χ4n) is 12.8. The Balaban J connectivity index is 0. The number of alkyl halides is 15. The van der Waals surface area contributed by atoms with Crippen LogP contribution in [0, 0.1) is 71.7 Å². The molecule has 0 N–H and O–H groups in total. The van der Waals surface area contributed by atoms with E-state index in [4.69, 9.17) is 11.6 Å². The molecule has 11 rings (SSSR count). The smallest absolute Gasteiger partial charge is 0.406 e. The van der Waals surface area contributed by atoms with Gasteiger partial charge in [0.25, 0.3) is 0 Å². The second-order valence-electron chi connectivity index (χ2n) is 47.3. The fourth-order valence-corrected chi connectivity index (χ4v) is 13.0. The summed E-state index contributed by atoms with van der Waals surface area (Å²) in [5, 5.41) is 0.863. The zero-order valence-electron chi connectivity index (χ0n) is 91.9. The Morgan fingerprint density at radius 3 is 0.793 bits per heavy atom. The van der Waals surface area contributed by atoms with Crippen molar-refractivity contribution in [3.63, 3.8) is 0 Å². The highest BCUT2D eigenvalue weighted by molar-refractivity contribution is 6.31. The van der Waals surface area contributed by atoms with E-state index in [9.17, 15) is 83.4 Å². The molecule has 145 heavy (non-hydrogen) atoms. The first kappa shape index (κ1) is 137. The minimum atomic E-state index is -4.63. The van der Waals surface area contributed by atoms with Gasteiger partial charge in [0.1, 0.15) is 29.0 Å². The first-order chi connectivity index (χ1) is 64.0. The molecule has 0 saturated heterocycles. The van der Waals surface area contributed by atoms with Crippen molar-refractivity contribution < 1.29 is 88.2 Å². The van der Waals surface area contributed by atoms with Crippen LogP contribution in [0.1, 0.15) is 366 Å². The Labute approximate surface area is 864 Å².